The number of hydrogen-bond donors (Lipinski definition) is 0. The third kappa shape index (κ3) is 73.7. The molecular weight excluding hydrogens is 1130 g/mol. The quantitative estimate of drug-likeness (QED) is 0.0195. The van der Waals surface area contributed by atoms with Crippen LogP contribution in [0.5, 0.6) is 0 Å². The maximum absolute atomic E-state index is 13.0. The number of quaternary nitrogens is 1. The number of unbranched alkanes of at least 4 members (excludes halogenated alkanes) is 43. The number of ether oxygens (including phenoxy) is 4. The van der Waals surface area contributed by atoms with Gasteiger partial charge in [0.15, 0.2) is 12.4 Å². The zero-order valence-corrected chi connectivity index (χ0v) is 60.5. The number of carbonyl (C=O) groups excluding carboxylic acids is 3. The van der Waals surface area contributed by atoms with Crippen LogP contribution in [0.4, 0.5) is 0 Å². The van der Waals surface area contributed by atoms with Crippen LogP contribution >= 0.6 is 0 Å². The lowest BCUT2D eigenvalue weighted by Gasteiger charge is -2.26. The molecule has 0 aromatic rings. The van der Waals surface area contributed by atoms with Crippen molar-refractivity contribution in [1.82, 2.24) is 0 Å². The number of rotatable bonds is 72. The largest absolute Gasteiger partial charge is 0.545 e. The molecule has 0 aliphatic heterocycles. The van der Waals surface area contributed by atoms with Gasteiger partial charge >= 0.3 is 11.9 Å². The molecule has 2 unspecified atom stereocenters. The molecule has 0 bridgehead atoms. The van der Waals surface area contributed by atoms with Crippen molar-refractivity contribution in [3.05, 3.63) is 85.1 Å². The van der Waals surface area contributed by atoms with E-state index in [-0.39, 0.29) is 38.6 Å². The van der Waals surface area contributed by atoms with Gasteiger partial charge in [-0.15, -0.1) is 0 Å². The first-order valence-electron chi connectivity index (χ1n) is 38.7. The van der Waals surface area contributed by atoms with Crippen molar-refractivity contribution in [3.63, 3.8) is 0 Å². The first-order valence-corrected chi connectivity index (χ1v) is 38.7. The van der Waals surface area contributed by atoms with E-state index in [1.165, 1.54) is 257 Å². The number of esters is 2. The van der Waals surface area contributed by atoms with Crippen LogP contribution in [0.15, 0.2) is 85.1 Å². The van der Waals surface area contributed by atoms with Crippen molar-refractivity contribution in [2.24, 2.45) is 0 Å². The van der Waals surface area contributed by atoms with Gasteiger partial charge in [-0.2, -0.15) is 0 Å². The number of nitrogens with zero attached hydrogens (tertiary/aromatic N) is 1. The molecule has 0 rings (SSSR count). The van der Waals surface area contributed by atoms with Gasteiger partial charge < -0.3 is 33.3 Å². The summed E-state index contributed by atoms with van der Waals surface area (Å²) in [4.78, 5) is 37.6. The molecule has 0 spiro atoms. The van der Waals surface area contributed by atoms with Crippen molar-refractivity contribution in [3.8, 4) is 0 Å². The highest BCUT2D eigenvalue weighted by Gasteiger charge is 2.22. The Morgan fingerprint density at radius 1 is 0.341 bits per heavy atom. The molecule has 9 heteroatoms. The van der Waals surface area contributed by atoms with Crippen LogP contribution in [-0.2, 0) is 33.3 Å². The molecular formula is C82H147NO8. The Balaban J connectivity index is 3.97. The number of carboxylic acids is 1. The van der Waals surface area contributed by atoms with Crippen LogP contribution in [0, 0.1) is 0 Å². The first-order chi connectivity index (χ1) is 44.6. The second kappa shape index (κ2) is 72.3. The molecule has 91 heavy (non-hydrogen) atoms. The number of hydrogen-bond acceptors (Lipinski definition) is 8. The minimum absolute atomic E-state index is 0.147. The fourth-order valence-corrected chi connectivity index (χ4v) is 11.2. The van der Waals surface area contributed by atoms with Gasteiger partial charge in [-0.25, -0.2) is 0 Å². The molecule has 0 saturated carbocycles. The normalized spacial score (nSPS) is 13.1. The van der Waals surface area contributed by atoms with Crippen LogP contribution < -0.4 is 5.11 Å². The molecule has 0 radical (unpaired) electrons. The lowest BCUT2D eigenvalue weighted by atomic mass is 10.0. The predicted molar refractivity (Wildman–Crippen MR) is 389 cm³/mol. The first kappa shape index (κ1) is 87.5. The molecule has 0 aliphatic rings. The summed E-state index contributed by atoms with van der Waals surface area (Å²) in [5, 5.41) is 11.8. The van der Waals surface area contributed by atoms with Crippen LogP contribution in [0.25, 0.3) is 0 Å². The Morgan fingerprint density at radius 2 is 0.626 bits per heavy atom. The van der Waals surface area contributed by atoms with Gasteiger partial charge in [-0.1, -0.05) is 343 Å². The smallest absolute Gasteiger partial charge is 0.306 e. The molecule has 2 atom stereocenters. The molecule has 0 aliphatic carbocycles. The van der Waals surface area contributed by atoms with E-state index in [1.54, 1.807) is 0 Å². The lowest BCUT2D eigenvalue weighted by Crippen LogP contribution is -2.44. The number of aliphatic carboxylic acids is 1. The average Bonchev–Trinajstić information content (AvgIpc) is 3.53. The Hall–Kier alpha value is -3.53. The van der Waals surface area contributed by atoms with Crippen molar-refractivity contribution in [1.29, 1.82) is 0 Å². The van der Waals surface area contributed by atoms with E-state index in [9.17, 15) is 19.5 Å². The second-order valence-electron chi connectivity index (χ2n) is 27.3. The Morgan fingerprint density at radius 3 is 0.934 bits per heavy atom. The molecule has 0 fully saturated rings. The van der Waals surface area contributed by atoms with Gasteiger partial charge in [-0.3, -0.25) is 9.59 Å². The van der Waals surface area contributed by atoms with Gasteiger partial charge in [0.25, 0.3) is 0 Å². The standard InChI is InChI=1S/C82H147NO8/c1-6-8-10-12-14-16-18-20-22-24-26-28-30-32-33-34-35-36-37-38-39-40-41-42-43-44-45-46-47-49-51-53-55-57-59-61-63-65-67-69-71-73-80(85)91-78(77-90-82(81(86)87)88-75-74-83(3,4)5)76-89-79(84)72-70-68-66-64-62-60-58-56-54-52-50-48-31-29-27-25-23-21-19-17-15-13-11-9-7-2/h8,10,14,16,19-22,25-28,31,48,78,82H,6-7,9,11-13,15,17-18,23-24,29-30,32-47,49-77H2,1-5H3/b10-8-,16-14-,21-19-,22-20-,27-25-,28-26-,48-31-. The van der Waals surface area contributed by atoms with E-state index in [2.05, 4.69) is 98.9 Å². The maximum atomic E-state index is 13.0. The van der Waals surface area contributed by atoms with E-state index in [0.717, 1.165) is 70.6 Å². The fourth-order valence-electron chi connectivity index (χ4n) is 11.2. The lowest BCUT2D eigenvalue weighted by molar-refractivity contribution is -0.870. The molecule has 0 aromatic carbocycles. The van der Waals surface area contributed by atoms with E-state index in [1.807, 2.05) is 21.1 Å². The average molecular weight is 1280 g/mol. The van der Waals surface area contributed by atoms with Crippen LogP contribution in [0.1, 0.15) is 361 Å². The van der Waals surface area contributed by atoms with Crippen LogP contribution in [0.3, 0.4) is 0 Å². The minimum Gasteiger partial charge on any atom is -0.545 e. The summed E-state index contributed by atoms with van der Waals surface area (Å²) in [6.45, 7) is 4.67. The molecule has 0 aromatic heterocycles. The third-order valence-corrected chi connectivity index (χ3v) is 17.1. The molecule has 0 heterocycles. The Labute approximate surface area is 563 Å². The molecule has 0 saturated heterocycles. The maximum Gasteiger partial charge on any atom is 0.306 e. The summed E-state index contributed by atoms with van der Waals surface area (Å²) < 4.78 is 22.8. The van der Waals surface area contributed by atoms with E-state index < -0.39 is 24.3 Å². The van der Waals surface area contributed by atoms with E-state index in [0.29, 0.717) is 17.4 Å². The zero-order valence-electron chi connectivity index (χ0n) is 60.5. The molecule has 0 N–H and O–H groups in total. The van der Waals surface area contributed by atoms with Crippen molar-refractivity contribution in [2.75, 3.05) is 47.5 Å². The number of carbonyl (C=O) groups is 3. The predicted octanol–water partition coefficient (Wildman–Crippen LogP) is 23.3. The van der Waals surface area contributed by atoms with Crippen LogP contribution in [0.2, 0.25) is 0 Å². The van der Waals surface area contributed by atoms with Crippen LogP contribution in [-0.4, -0.2) is 82.3 Å². The SMILES string of the molecule is CC/C=C\C/C=C\C/C=C\C/C=C\CCCCCCCCCCCCCCCCCCCCCCCCCCCCCCC(=O)OC(COC(=O)CCCCCCCCCCCC/C=C\C/C=C\C/C=C\CCCCCCC)COC(OCC[N+](C)(C)C)C(=O)[O-]. The van der Waals surface area contributed by atoms with Gasteiger partial charge in [0.2, 0.25) is 0 Å². The molecule has 0 amide bonds. The van der Waals surface area contributed by atoms with Gasteiger partial charge in [-0.05, 0) is 89.9 Å². The van der Waals surface area contributed by atoms with E-state index >= 15 is 0 Å². The summed E-state index contributed by atoms with van der Waals surface area (Å²) in [5.41, 5.74) is 0. The highest BCUT2D eigenvalue weighted by Crippen LogP contribution is 2.19. The number of likely N-dealkylation sites (N-methyl/N-ethyl adjacent to an activating group) is 1. The number of allylic oxidation sites excluding steroid dienone is 14. The highest BCUT2D eigenvalue weighted by atomic mass is 16.7. The minimum atomic E-state index is -1.62. The Bertz CT molecular complexity index is 1770. The molecule has 528 valence electrons. The van der Waals surface area contributed by atoms with Crippen molar-refractivity contribution >= 4 is 17.9 Å². The third-order valence-electron chi connectivity index (χ3n) is 17.1. The van der Waals surface area contributed by atoms with Crippen molar-refractivity contribution < 1.29 is 42.9 Å². The highest BCUT2D eigenvalue weighted by molar-refractivity contribution is 5.70. The second-order valence-corrected chi connectivity index (χ2v) is 27.3. The molecule has 9 nitrogen and oxygen atoms in total. The zero-order chi connectivity index (χ0) is 66.1. The fraction of sp³-hybridized carbons (Fsp3) is 0.793. The topological polar surface area (TPSA) is 111 Å². The Kier molecular flexibility index (Phi) is 69.5. The summed E-state index contributed by atoms with van der Waals surface area (Å²) >= 11 is 0. The van der Waals surface area contributed by atoms with Crippen molar-refractivity contribution in [2.45, 2.75) is 373 Å². The van der Waals surface area contributed by atoms with Gasteiger partial charge in [0.1, 0.15) is 13.2 Å². The summed E-state index contributed by atoms with van der Waals surface area (Å²) in [6.07, 6.45) is 95.6. The summed E-state index contributed by atoms with van der Waals surface area (Å²) in [7, 11) is 5.94. The van der Waals surface area contributed by atoms with Gasteiger partial charge in [0.05, 0.1) is 40.3 Å². The summed E-state index contributed by atoms with van der Waals surface area (Å²) in [5.74, 6) is -2.27. The monoisotopic (exact) mass is 1270 g/mol. The van der Waals surface area contributed by atoms with Gasteiger partial charge in [0, 0.05) is 12.8 Å². The number of carboxylic acid groups (broad SMARTS) is 1. The van der Waals surface area contributed by atoms with E-state index in [4.69, 9.17) is 18.9 Å². The summed E-state index contributed by atoms with van der Waals surface area (Å²) in [6, 6.07) is 0.